The molecule has 6 heteroatoms. The van der Waals surface area contributed by atoms with Crippen molar-refractivity contribution in [2.24, 2.45) is 0 Å². The molecular formula is C13H16INO4. The topological polar surface area (TPSA) is 55.8 Å². The summed E-state index contributed by atoms with van der Waals surface area (Å²) in [7, 11) is 2.65. The normalized spacial score (nSPS) is 10.3. The molecule has 0 heterocycles. The molecule has 0 aliphatic heterocycles. The van der Waals surface area contributed by atoms with Crippen molar-refractivity contribution in [3.63, 3.8) is 0 Å². The lowest BCUT2D eigenvalue weighted by atomic mass is 10.2. The van der Waals surface area contributed by atoms with E-state index in [1.54, 1.807) is 4.90 Å². The third kappa shape index (κ3) is 6.02. The number of hydrogen-bond acceptors (Lipinski definition) is 5. The molecule has 0 spiro atoms. The summed E-state index contributed by atoms with van der Waals surface area (Å²) in [6.07, 6.45) is 0. The van der Waals surface area contributed by atoms with Gasteiger partial charge in [0, 0.05) is 10.1 Å². The van der Waals surface area contributed by atoms with E-state index in [1.807, 2.05) is 24.3 Å². The Morgan fingerprint density at radius 3 is 1.95 bits per heavy atom. The van der Waals surface area contributed by atoms with Gasteiger partial charge in [0.25, 0.3) is 0 Å². The average molecular weight is 377 g/mol. The number of halogens is 1. The van der Waals surface area contributed by atoms with Crippen LogP contribution >= 0.6 is 22.6 Å². The first-order chi connectivity index (χ1) is 9.05. The zero-order chi connectivity index (χ0) is 14.3. The van der Waals surface area contributed by atoms with E-state index in [4.69, 9.17) is 0 Å². The van der Waals surface area contributed by atoms with Gasteiger partial charge in [0.2, 0.25) is 0 Å². The Balaban J connectivity index is 2.69. The highest BCUT2D eigenvalue weighted by atomic mass is 127. The molecule has 0 aromatic heterocycles. The lowest BCUT2D eigenvalue weighted by Crippen LogP contribution is -2.35. The maximum Gasteiger partial charge on any atom is 0.319 e. The summed E-state index contributed by atoms with van der Waals surface area (Å²) in [5.74, 6) is -0.760. The summed E-state index contributed by atoms with van der Waals surface area (Å²) in [4.78, 5) is 24.3. The minimum atomic E-state index is -0.380. The maximum atomic E-state index is 11.3. The summed E-state index contributed by atoms with van der Waals surface area (Å²) in [5, 5.41) is 0. The Morgan fingerprint density at radius 2 is 1.53 bits per heavy atom. The molecule has 104 valence electrons. The molecule has 1 aromatic rings. The van der Waals surface area contributed by atoms with Crippen LogP contribution < -0.4 is 0 Å². The van der Waals surface area contributed by atoms with Crippen molar-refractivity contribution >= 4 is 34.5 Å². The molecule has 0 saturated carbocycles. The maximum absolute atomic E-state index is 11.3. The van der Waals surface area contributed by atoms with Crippen LogP contribution in [0.2, 0.25) is 0 Å². The Bertz CT molecular complexity index is 415. The molecule has 0 fully saturated rings. The Hall–Kier alpha value is -1.15. The van der Waals surface area contributed by atoms with E-state index in [9.17, 15) is 9.59 Å². The van der Waals surface area contributed by atoms with Crippen LogP contribution in [0.3, 0.4) is 0 Å². The lowest BCUT2D eigenvalue weighted by Gasteiger charge is -2.19. The van der Waals surface area contributed by atoms with Gasteiger partial charge in [0.15, 0.2) is 0 Å². The number of rotatable bonds is 6. The van der Waals surface area contributed by atoms with Gasteiger partial charge in [-0.2, -0.15) is 0 Å². The molecule has 0 aliphatic carbocycles. The van der Waals surface area contributed by atoms with E-state index in [0.717, 1.165) is 9.13 Å². The molecule has 0 amide bonds. The first kappa shape index (κ1) is 15.9. The number of nitrogens with zero attached hydrogens (tertiary/aromatic N) is 1. The van der Waals surface area contributed by atoms with Gasteiger partial charge in [0.05, 0.1) is 27.3 Å². The Labute approximate surface area is 126 Å². The minimum Gasteiger partial charge on any atom is -0.468 e. The first-order valence-corrected chi connectivity index (χ1v) is 6.73. The fourth-order valence-corrected chi connectivity index (χ4v) is 1.87. The molecule has 5 nitrogen and oxygen atoms in total. The van der Waals surface area contributed by atoms with Gasteiger partial charge in [-0.15, -0.1) is 0 Å². The molecule has 0 unspecified atom stereocenters. The van der Waals surface area contributed by atoms with Crippen molar-refractivity contribution in [1.82, 2.24) is 4.90 Å². The van der Waals surface area contributed by atoms with Gasteiger partial charge < -0.3 is 9.47 Å². The van der Waals surface area contributed by atoms with Gasteiger partial charge in [0.1, 0.15) is 0 Å². The highest BCUT2D eigenvalue weighted by molar-refractivity contribution is 14.1. The number of ether oxygens (including phenoxy) is 2. The van der Waals surface area contributed by atoms with Gasteiger partial charge >= 0.3 is 11.9 Å². The van der Waals surface area contributed by atoms with Crippen LogP contribution in [-0.4, -0.2) is 44.1 Å². The standard InChI is InChI=1S/C13H16INO4/c1-18-12(16)8-15(9-13(17)19-2)7-10-3-5-11(14)6-4-10/h3-6H,7-9H2,1-2H3. The summed E-state index contributed by atoms with van der Waals surface area (Å²) in [6.45, 7) is 0.594. The van der Waals surface area contributed by atoms with Gasteiger partial charge in [-0.25, -0.2) is 0 Å². The Morgan fingerprint density at radius 1 is 1.05 bits per heavy atom. The number of hydrogen-bond donors (Lipinski definition) is 0. The molecular weight excluding hydrogens is 361 g/mol. The fraction of sp³-hybridized carbons (Fsp3) is 0.385. The molecule has 0 atom stereocenters. The van der Waals surface area contributed by atoms with Crippen LogP contribution in [0.1, 0.15) is 5.56 Å². The molecule has 0 N–H and O–H groups in total. The number of esters is 2. The predicted octanol–water partition coefficient (Wildman–Crippen LogP) is 1.44. The highest BCUT2D eigenvalue weighted by Crippen LogP contribution is 2.09. The average Bonchev–Trinajstić information content (AvgIpc) is 2.40. The quantitative estimate of drug-likeness (QED) is 0.555. The van der Waals surface area contributed by atoms with Gasteiger partial charge in [-0.3, -0.25) is 14.5 Å². The van der Waals surface area contributed by atoms with Crippen LogP contribution in [0.5, 0.6) is 0 Å². The second kappa shape index (κ2) is 8.11. The van der Waals surface area contributed by atoms with E-state index in [2.05, 4.69) is 32.1 Å². The smallest absolute Gasteiger partial charge is 0.319 e. The summed E-state index contributed by atoms with van der Waals surface area (Å²) >= 11 is 2.22. The second-order valence-electron chi connectivity index (χ2n) is 3.92. The SMILES string of the molecule is COC(=O)CN(CC(=O)OC)Cc1ccc(I)cc1. The van der Waals surface area contributed by atoms with Gasteiger partial charge in [-0.05, 0) is 40.3 Å². The monoisotopic (exact) mass is 377 g/mol. The fourth-order valence-electron chi connectivity index (χ4n) is 1.51. The largest absolute Gasteiger partial charge is 0.468 e. The summed E-state index contributed by atoms with van der Waals surface area (Å²) in [5.41, 5.74) is 1.02. The third-order valence-electron chi connectivity index (χ3n) is 2.48. The molecule has 0 radical (unpaired) electrons. The van der Waals surface area contributed by atoms with E-state index < -0.39 is 0 Å². The van der Waals surface area contributed by atoms with Crippen molar-refractivity contribution < 1.29 is 19.1 Å². The van der Waals surface area contributed by atoms with Crippen molar-refractivity contribution in [2.75, 3.05) is 27.3 Å². The van der Waals surface area contributed by atoms with Crippen LogP contribution in [0, 0.1) is 3.57 Å². The number of carbonyl (C=O) groups excluding carboxylic acids is 2. The third-order valence-corrected chi connectivity index (χ3v) is 3.20. The number of benzene rings is 1. The van der Waals surface area contributed by atoms with E-state index in [1.165, 1.54) is 14.2 Å². The number of carbonyl (C=O) groups is 2. The Kier molecular flexibility index (Phi) is 6.79. The van der Waals surface area contributed by atoms with Crippen molar-refractivity contribution in [1.29, 1.82) is 0 Å². The second-order valence-corrected chi connectivity index (χ2v) is 5.17. The molecule has 19 heavy (non-hydrogen) atoms. The van der Waals surface area contributed by atoms with Crippen LogP contribution in [-0.2, 0) is 25.6 Å². The van der Waals surface area contributed by atoms with E-state index in [-0.39, 0.29) is 25.0 Å². The highest BCUT2D eigenvalue weighted by Gasteiger charge is 2.15. The predicted molar refractivity (Wildman–Crippen MR) is 78.5 cm³/mol. The molecule has 0 saturated heterocycles. The minimum absolute atomic E-state index is 0.0532. The molecule has 0 bridgehead atoms. The summed E-state index contributed by atoms with van der Waals surface area (Å²) < 4.78 is 10.4. The lowest BCUT2D eigenvalue weighted by molar-refractivity contribution is -0.145. The molecule has 0 aliphatic rings. The van der Waals surface area contributed by atoms with Crippen LogP contribution in [0.4, 0.5) is 0 Å². The zero-order valence-electron chi connectivity index (χ0n) is 10.9. The summed E-state index contributed by atoms with van der Waals surface area (Å²) in [6, 6.07) is 7.88. The van der Waals surface area contributed by atoms with E-state index in [0.29, 0.717) is 6.54 Å². The van der Waals surface area contributed by atoms with Crippen molar-refractivity contribution in [3.8, 4) is 0 Å². The number of methoxy groups -OCH3 is 2. The van der Waals surface area contributed by atoms with Crippen LogP contribution in [0.25, 0.3) is 0 Å². The first-order valence-electron chi connectivity index (χ1n) is 5.65. The molecule has 1 aromatic carbocycles. The van der Waals surface area contributed by atoms with E-state index >= 15 is 0 Å². The van der Waals surface area contributed by atoms with Gasteiger partial charge in [-0.1, -0.05) is 12.1 Å². The van der Waals surface area contributed by atoms with Crippen molar-refractivity contribution in [2.45, 2.75) is 6.54 Å². The van der Waals surface area contributed by atoms with Crippen molar-refractivity contribution in [3.05, 3.63) is 33.4 Å². The zero-order valence-corrected chi connectivity index (χ0v) is 13.0. The molecule has 1 rings (SSSR count). The van der Waals surface area contributed by atoms with Crippen LogP contribution in [0.15, 0.2) is 24.3 Å².